The summed E-state index contributed by atoms with van der Waals surface area (Å²) in [7, 11) is 1.72. The first-order valence-corrected chi connectivity index (χ1v) is 6.09. The molecule has 1 saturated heterocycles. The van der Waals surface area contributed by atoms with Gasteiger partial charge in [-0.05, 0) is 34.8 Å². The molecular weight excluding hydrogens is 275 g/mol. The Labute approximate surface area is 103 Å². The van der Waals surface area contributed by atoms with Gasteiger partial charge in [-0.15, -0.1) is 0 Å². The Morgan fingerprint density at radius 1 is 1.50 bits per heavy atom. The van der Waals surface area contributed by atoms with Gasteiger partial charge in [-0.1, -0.05) is 0 Å². The largest absolute Gasteiger partial charge is 0.381 e. The average molecular weight is 289 g/mol. The van der Waals surface area contributed by atoms with Crippen LogP contribution in [0.15, 0.2) is 16.7 Å². The molecule has 0 amide bonds. The lowest BCUT2D eigenvalue weighted by Crippen LogP contribution is -2.37. The summed E-state index contributed by atoms with van der Waals surface area (Å²) in [5, 5.41) is 0. The van der Waals surface area contributed by atoms with Gasteiger partial charge < -0.3 is 9.64 Å². The van der Waals surface area contributed by atoms with E-state index in [9.17, 15) is 4.39 Å². The number of halogens is 2. The molecule has 1 aliphatic rings. The summed E-state index contributed by atoms with van der Waals surface area (Å²) in [6, 6.07) is 1.45. The zero-order valence-corrected chi connectivity index (χ0v) is 10.7. The summed E-state index contributed by atoms with van der Waals surface area (Å²) in [6.07, 6.45) is 3.78. The molecule has 3 nitrogen and oxygen atoms in total. The van der Waals surface area contributed by atoms with Crippen LogP contribution in [0.5, 0.6) is 0 Å². The van der Waals surface area contributed by atoms with Crippen LogP contribution in [0.3, 0.4) is 0 Å². The summed E-state index contributed by atoms with van der Waals surface area (Å²) >= 11 is 3.20. The minimum absolute atomic E-state index is 0.273. The highest BCUT2D eigenvalue weighted by atomic mass is 79.9. The van der Waals surface area contributed by atoms with Gasteiger partial charge in [0, 0.05) is 30.9 Å². The highest BCUT2D eigenvalue weighted by Crippen LogP contribution is 2.23. The number of methoxy groups -OCH3 is 1. The van der Waals surface area contributed by atoms with Crippen LogP contribution in [-0.2, 0) is 4.74 Å². The standard InChI is InChI=1S/C11H14BrFN2O/c1-16-9-2-4-15(5-3-9)11-10(13)6-8(12)7-14-11/h6-7,9H,2-5H2,1H3. The summed E-state index contributed by atoms with van der Waals surface area (Å²) in [5.41, 5.74) is 0. The van der Waals surface area contributed by atoms with Crippen LogP contribution < -0.4 is 4.90 Å². The number of hydrogen-bond donors (Lipinski definition) is 0. The highest BCUT2D eigenvalue weighted by molar-refractivity contribution is 9.10. The van der Waals surface area contributed by atoms with Crippen molar-refractivity contribution in [3.05, 3.63) is 22.6 Å². The van der Waals surface area contributed by atoms with E-state index >= 15 is 0 Å². The first-order chi connectivity index (χ1) is 7.70. The smallest absolute Gasteiger partial charge is 0.166 e. The van der Waals surface area contributed by atoms with Gasteiger partial charge in [0.2, 0.25) is 0 Å². The van der Waals surface area contributed by atoms with Crippen LogP contribution >= 0.6 is 15.9 Å². The van der Waals surface area contributed by atoms with Gasteiger partial charge in [0.25, 0.3) is 0 Å². The Bertz CT molecular complexity index is 367. The molecule has 0 aliphatic carbocycles. The highest BCUT2D eigenvalue weighted by Gasteiger charge is 2.21. The molecule has 0 spiro atoms. The fourth-order valence-electron chi connectivity index (χ4n) is 1.94. The van der Waals surface area contributed by atoms with Gasteiger partial charge in [-0.3, -0.25) is 0 Å². The first kappa shape index (κ1) is 11.8. The topological polar surface area (TPSA) is 25.4 Å². The molecule has 0 bridgehead atoms. The first-order valence-electron chi connectivity index (χ1n) is 5.29. The molecule has 0 radical (unpaired) electrons. The lowest BCUT2D eigenvalue weighted by atomic mass is 10.1. The molecule has 5 heteroatoms. The molecule has 1 fully saturated rings. The number of rotatable bonds is 2. The minimum Gasteiger partial charge on any atom is -0.381 e. The van der Waals surface area contributed by atoms with Gasteiger partial charge in [-0.25, -0.2) is 9.37 Å². The molecule has 16 heavy (non-hydrogen) atoms. The minimum atomic E-state index is -0.273. The van der Waals surface area contributed by atoms with E-state index in [0.29, 0.717) is 16.4 Å². The molecule has 2 rings (SSSR count). The predicted molar refractivity (Wildman–Crippen MR) is 64.1 cm³/mol. The molecule has 0 atom stereocenters. The molecule has 1 aromatic rings. The van der Waals surface area contributed by atoms with E-state index in [1.54, 1.807) is 13.3 Å². The molecule has 0 unspecified atom stereocenters. The Balaban J connectivity index is 2.08. The third-order valence-corrected chi connectivity index (χ3v) is 3.30. The maximum absolute atomic E-state index is 13.6. The number of anilines is 1. The summed E-state index contributed by atoms with van der Waals surface area (Å²) in [6.45, 7) is 1.59. The number of aromatic nitrogens is 1. The van der Waals surface area contributed by atoms with Gasteiger partial charge in [0.1, 0.15) is 0 Å². The van der Waals surface area contributed by atoms with E-state index in [1.807, 2.05) is 4.90 Å². The van der Waals surface area contributed by atoms with Crippen molar-refractivity contribution in [3.63, 3.8) is 0 Å². The van der Waals surface area contributed by atoms with Gasteiger partial charge in [0.15, 0.2) is 11.6 Å². The zero-order chi connectivity index (χ0) is 11.5. The second kappa shape index (κ2) is 5.10. The summed E-state index contributed by atoms with van der Waals surface area (Å²) < 4.78 is 19.6. The Hall–Kier alpha value is -0.680. The van der Waals surface area contributed by atoms with Crippen LogP contribution in [0, 0.1) is 5.82 Å². The van der Waals surface area contributed by atoms with Crippen molar-refractivity contribution in [2.24, 2.45) is 0 Å². The molecular formula is C11H14BrFN2O. The Morgan fingerprint density at radius 3 is 2.75 bits per heavy atom. The summed E-state index contributed by atoms with van der Waals surface area (Å²) in [4.78, 5) is 6.09. The van der Waals surface area contributed by atoms with Crippen molar-refractivity contribution in [1.29, 1.82) is 0 Å². The van der Waals surface area contributed by atoms with E-state index < -0.39 is 0 Å². The molecule has 1 aliphatic heterocycles. The van der Waals surface area contributed by atoms with Crippen molar-refractivity contribution in [3.8, 4) is 0 Å². The maximum Gasteiger partial charge on any atom is 0.166 e. The van der Waals surface area contributed by atoms with E-state index in [-0.39, 0.29) is 5.82 Å². The zero-order valence-electron chi connectivity index (χ0n) is 9.12. The lowest BCUT2D eigenvalue weighted by Gasteiger charge is -2.32. The molecule has 2 heterocycles. The van der Waals surface area contributed by atoms with E-state index in [0.717, 1.165) is 25.9 Å². The molecule has 0 saturated carbocycles. The monoisotopic (exact) mass is 288 g/mol. The van der Waals surface area contributed by atoms with Crippen molar-refractivity contribution in [2.45, 2.75) is 18.9 Å². The fourth-order valence-corrected chi connectivity index (χ4v) is 2.25. The number of hydrogen-bond acceptors (Lipinski definition) is 3. The average Bonchev–Trinajstić information content (AvgIpc) is 2.29. The second-order valence-corrected chi connectivity index (χ2v) is 4.80. The van der Waals surface area contributed by atoms with Crippen LogP contribution in [0.2, 0.25) is 0 Å². The maximum atomic E-state index is 13.6. The Morgan fingerprint density at radius 2 is 2.19 bits per heavy atom. The van der Waals surface area contributed by atoms with Gasteiger partial charge in [-0.2, -0.15) is 0 Å². The lowest BCUT2D eigenvalue weighted by molar-refractivity contribution is 0.0816. The van der Waals surface area contributed by atoms with E-state index in [1.165, 1.54) is 6.07 Å². The van der Waals surface area contributed by atoms with Crippen molar-refractivity contribution >= 4 is 21.7 Å². The molecule has 0 N–H and O–H groups in total. The van der Waals surface area contributed by atoms with Crippen molar-refractivity contribution in [2.75, 3.05) is 25.1 Å². The van der Waals surface area contributed by atoms with E-state index in [2.05, 4.69) is 20.9 Å². The number of pyridine rings is 1. The van der Waals surface area contributed by atoms with Crippen LogP contribution in [0.1, 0.15) is 12.8 Å². The van der Waals surface area contributed by atoms with Crippen LogP contribution in [0.4, 0.5) is 10.2 Å². The number of nitrogens with zero attached hydrogens (tertiary/aromatic N) is 2. The van der Waals surface area contributed by atoms with E-state index in [4.69, 9.17) is 4.74 Å². The Kier molecular flexibility index (Phi) is 3.76. The van der Waals surface area contributed by atoms with Crippen molar-refractivity contribution in [1.82, 2.24) is 4.98 Å². The second-order valence-electron chi connectivity index (χ2n) is 3.88. The summed E-state index contributed by atoms with van der Waals surface area (Å²) in [5.74, 6) is 0.169. The number of ether oxygens (including phenoxy) is 1. The van der Waals surface area contributed by atoms with Crippen molar-refractivity contribution < 1.29 is 9.13 Å². The predicted octanol–water partition coefficient (Wildman–Crippen LogP) is 2.60. The quantitative estimate of drug-likeness (QED) is 0.837. The normalized spacial score (nSPS) is 17.8. The third kappa shape index (κ3) is 2.52. The molecule has 1 aromatic heterocycles. The van der Waals surface area contributed by atoms with Crippen LogP contribution in [0.25, 0.3) is 0 Å². The third-order valence-electron chi connectivity index (χ3n) is 2.86. The molecule has 88 valence electrons. The molecule has 0 aromatic carbocycles. The van der Waals surface area contributed by atoms with Gasteiger partial charge >= 0.3 is 0 Å². The van der Waals surface area contributed by atoms with Crippen LogP contribution in [-0.4, -0.2) is 31.3 Å². The fraction of sp³-hybridized carbons (Fsp3) is 0.545. The van der Waals surface area contributed by atoms with Gasteiger partial charge in [0.05, 0.1) is 6.10 Å². The number of piperidine rings is 1. The SMILES string of the molecule is COC1CCN(c2ncc(Br)cc2F)CC1.